The van der Waals surface area contributed by atoms with Crippen LogP contribution in [0.5, 0.6) is 0 Å². The fourth-order valence-electron chi connectivity index (χ4n) is 1.99. The van der Waals surface area contributed by atoms with E-state index in [1.807, 2.05) is 18.2 Å². The maximum absolute atomic E-state index is 11.8. The van der Waals surface area contributed by atoms with E-state index >= 15 is 0 Å². The molecule has 1 aromatic carbocycles. The van der Waals surface area contributed by atoms with Crippen LogP contribution in [0.25, 0.3) is 0 Å². The third-order valence-corrected chi connectivity index (χ3v) is 2.74. The monoisotopic (exact) mass is 220 g/mol. The van der Waals surface area contributed by atoms with Crippen molar-refractivity contribution >= 4 is 11.6 Å². The van der Waals surface area contributed by atoms with E-state index in [2.05, 4.69) is 10.6 Å². The van der Waals surface area contributed by atoms with Crippen LogP contribution in [0.3, 0.4) is 0 Å². The van der Waals surface area contributed by atoms with Gasteiger partial charge in [-0.15, -0.1) is 0 Å². The summed E-state index contributed by atoms with van der Waals surface area (Å²) in [5.41, 5.74) is 2.87. The Morgan fingerprint density at radius 1 is 1.50 bits per heavy atom. The molecule has 0 aliphatic carbocycles. The van der Waals surface area contributed by atoms with Crippen LogP contribution in [0.1, 0.15) is 22.3 Å². The summed E-state index contributed by atoms with van der Waals surface area (Å²) in [6.45, 7) is 1.24. The zero-order chi connectivity index (χ0) is 11.4. The fraction of sp³-hybridized carbons (Fsp3) is 0.417. The van der Waals surface area contributed by atoms with Gasteiger partial charge in [0.2, 0.25) is 0 Å². The second kappa shape index (κ2) is 4.99. The summed E-state index contributed by atoms with van der Waals surface area (Å²) in [5.74, 6) is -0.102. The first-order chi connectivity index (χ1) is 7.83. The molecule has 1 amide bonds. The summed E-state index contributed by atoms with van der Waals surface area (Å²) in [6, 6.07) is 5.71. The summed E-state index contributed by atoms with van der Waals surface area (Å²) < 4.78 is 0. The Morgan fingerprint density at radius 2 is 2.38 bits per heavy atom. The summed E-state index contributed by atoms with van der Waals surface area (Å²) >= 11 is 0. The molecule has 16 heavy (non-hydrogen) atoms. The highest BCUT2D eigenvalue weighted by molar-refractivity contribution is 5.97. The van der Waals surface area contributed by atoms with Crippen LogP contribution in [0.15, 0.2) is 18.2 Å². The summed E-state index contributed by atoms with van der Waals surface area (Å²) in [4.78, 5) is 11.8. The van der Waals surface area contributed by atoms with Gasteiger partial charge in [0.05, 0.1) is 6.61 Å². The molecule has 0 fully saturated rings. The number of amides is 1. The molecule has 0 saturated carbocycles. The molecular weight excluding hydrogens is 204 g/mol. The predicted molar refractivity (Wildman–Crippen MR) is 62.7 cm³/mol. The molecule has 3 N–H and O–H groups in total. The number of aliphatic hydroxyl groups excluding tert-OH is 1. The summed E-state index contributed by atoms with van der Waals surface area (Å²) in [6.07, 6.45) is 1.99. The minimum absolute atomic E-state index is 0.0288. The van der Waals surface area contributed by atoms with Crippen molar-refractivity contribution < 1.29 is 9.90 Å². The average molecular weight is 220 g/mol. The maximum atomic E-state index is 11.8. The van der Waals surface area contributed by atoms with Crippen LogP contribution >= 0.6 is 0 Å². The number of aliphatic hydroxyl groups is 1. The van der Waals surface area contributed by atoms with Gasteiger partial charge in [-0.05, 0) is 30.5 Å². The van der Waals surface area contributed by atoms with E-state index in [9.17, 15) is 4.79 Å². The number of rotatable bonds is 3. The lowest BCUT2D eigenvalue weighted by Gasteiger charge is -2.20. The van der Waals surface area contributed by atoms with Crippen molar-refractivity contribution in [3.05, 3.63) is 29.3 Å². The third-order valence-electron chi connectivity index (χ3n) is 2.74. The van der Waals surface area contributed by atoms with E-state index < -0.39 is 0 Å². The minimum Gasteiger partial charge on any atom is -0.395 e. The first-order valence-electron chi connectivity index (χ1n) is 5.58. The normalized spacial score (nSPS) is 13.8. The van der Waals surface area contributed by atoms with Crippen molar-refractivity contribution in [1.29, 1.82) is 0 Å². The van der Waals surface area contributed by atoms with E-state index in [1.54, 1.807) is 0 Å². The number of nitrogens with one attached hydrogen (secondary N) is 2. The molecule has 0 atom stereocenters. The van der Waals surface area contributed by atoms with E-state index in [-0.39, 0.29) is 12.5 Å². The topological polar surface area (TPSA) is 61.4 Å². The molecule has 0 radical (unpaired) electrons. The van der Waals surface area contributed by atoms with Crippen LogP contribution in [0.2, 0.25) is 0 Å². The van der Waals surface area contributed by atoms with Crippen molar-refractivity contribution in [2.45, 2.75) is 12.8 Å². The molecule has 1 aliphatic heterocycles. The highest BCUT2D eigenvalue weighted by Gasteiger charge is 2.16. The Labute approximate surface area is 94.7 Å². The zero-order valence-electron chi connectivity index (χ0n) is 9.12. The van der Waals surface area contributed by atoms with Gasteiger partial charge >= 0.3 is 0 Å². The fourth-order valence-corrected chi connectivity index (χ4v) is 1.99. The van der Waals surface area contributed by atoms with Crippen molar-refractivity contribution in [3.63, 3.8) is 0 Å². The van der Waals surface area contributed by atoms with Crippen LogP contribution < -0.4 is 10.6 Å². The van der Waals surface area contributed by atoms with Gasteiger partial charge in [-0.3, -0.25) is 4.79 Å². The first-order valence-corrected chi connectivity index (χ1v) is 5.58. The van der Waals surface area contributed by atoms with Gasteiger partial charge in [0, 0.05) is 24.3 Å². The smallest absolute Gasteiger partial charge is 0.251 e. The maximum Gasteiger partial charge on any atom is 0.251 e. The van der Waals surface area contributed by atoms with E-state index in [0.29, 0.717) is 6.54 Å². The molecule has 1 heterocycles. The van der Waals surface area contributed by atoms with Crippen molar-refractivity contribution in [2.75, 3.05) is 25.0 Å². The van der Waals surface area contributed by atoms with Crippen LogP contribution in [-0.2, 0) is 6.42 Å². The molecule has 4 nitrogen and oxygen atoms in total. The van der Waals surface area contributed by atoms with Gasteiger partial charge in [-0.1, -0.05) is 6.07 Å². The SMILES string of the molecule is O=C(NCCO)c1cccc2c1CCCN2. The summed E-state index contributed by atoms with van der Waals surface area (Å²) in [7, 11) is 0. The Morgan fingerprint density at radius 3 is 3.19 bits per heavy atom. The van der Waals surface area contributed by atoms with Gasteiger partial charge in [0.15, 0.2) is 0 Å². The van der Waals surface area contributed by atoms with E-state index in [1.165, 1.54) is 0 Å². The molecule has 0 spiro atoms. The number of carbonyl (C=O) groups excluding carboxylic acids is 1. The van der Waals surface area contributed by atoms with Crippen LogP contribution in [0.4, 0.5) is 5.69 Å². The van der Waals surface area contributed by atoms with Gasteiger partial charge in [-0.25, -0.2) is 0 Å². The number of carbonyl (C=O) groups is 1. The molecule has 1 aromatic rings. The highest BCUT2D eigenvalue weighted by Crippen LogP contribution is 2.25. The number of hydrogen-bond acceptors (Lipinski definition) is 3. The van der Waals surface area contributed by atoms with Crippen LogP contribution in [0, 0.1) is 0 Å². The quantitative estimate of drug-likeness (QED) is 0.705. The van der Waals surface area contributed by atoms with Crippen molar-refractivity contribution in [2.24, 2.45) is 0 Å². The third kappa shape index (κ3) is 2.17. The van der Waals surface area contributed by atoms with Gasteiger partial charge in [-0.2, -0.15) is 0 Å². The predicted octanol–water partition coefficient (Wildman–Crippen LogP) is 0.767. The molecule has 4 heteroatoms. The lowest BCUT2D eigenvalue weighted by atomic mass is 9.97. The zero-order valence-corrected chi connectivity index (χ0v) is 9.12. The number of anilines is 1. The summed E-state index contributed by atoms with van der Waals surface area (Å²) in [5, 5.41) is 14.6. The Balaban J connectivity index is 2.23. The van der Waals surface area contributed by atoms with Gasteiger partial charge in [0.25, 0.3) is 5.91 Å². The molecule has 0 bridgehead atoms. The molecular formula is C12H16N2O2. The lowest BCUT2D eigenvalue weighted by Crippen LogP contribution is -2.28. The van der Waals surface area contributed by atoms with Crippen LogP contribution in [-0.4, -0.2) is 30.7 Å². The second-order valence-electron chi connectivity index (χ2n) is 3.84. The number of hydrogen-bond donors (Lipinski definition) is 3. The number of benzene rings is 1. The van der Waals surface area contributed by atoms with E-state index in [0.717, 1.165) is 36.2 Å². The molecule has 0 saturated heterocycles. The average Bonchev–Trinajstić information content (AvgIpc) is 2.35. The Kier molecular flexibility index (Phi) is 3.41. The minimum atomic E-state index is -0.102. The number of fused-ring (bicyclic) bond motifs is 1. The molecule has 1 aliphatic rings. The van der Waals surface area contributed by atoms with Gasteiger partial charge in [0.1, 0.15) is 0 Å². The first kappa shape index (κ1) is 11.0. The molecule has 0 aromatic heterocycles. The molecule has 0 unspecified atom stereocenters. The van der Waals surface area contributed by atoms with E-state index in [4.69, 9.17) is 5.11 Å². The standard InChI is InChI=1S/C12H16N2O2/c15-8-7-14-12(16)10-3-1-5-11-9(10)4-2-6-13-11/h1,3,5,13,15H,2,4,6-8H2,(H,14,16). The van der Waals surface area contributed by atoms with Crippen molar-refractivity contribution in [3.8, 4) is 0 Å². The van der Waals surface area contributed by atoms with Crippen molar-refractivity contribution in [1.82, 2.24) is 5.32 Å². The van der Waals surface area contributed by atoms with Gasteiger partial charge < -0.3 is 15.7 Å². The Hall–Kier alpha value is -1.55. The molecule has 2 rings (SSSR count). The largest absolute Gasteiger partial charge is 0.395 e. The highest BCUT2D eigenvalue weighted by atomic mass is 16.3. The second-order valence-corrected chi connectivity index (χ2v) is 3.84. The lowest BCUT2D eigenvalue weighted by molar-refractivity contribution is 0.0944. The molecule has 86 valence electrons. The Bertz CT molecular complexity index is 391.